The zero-order valence-corrected chi connectivity index (χ0v) is 18.7. The first kappa shape index (κ1) is 22.8. The van der Waals surface area contributed by atoms with E-state index in [0.29, 0.717) is 30.3 Å². The van der Waals surface area contributed by atoms with Crippen LogP contribution in [0, 0.1) is 0 Å². The normalized spacial score (nSPS) is 15.9. The van der Waals surface area contributed by atoms with Crippen LogP contribution in [-0.4, -0.2) is 61.6 Å². The number of carbonyl (C=O) groups is 1. The Balaban J connectivity index is 1.64. The number of hydrogen-bond acceptors (Lipinski definition) is 4. The van der Waals surface area contributed by atoms with Gasteiger partial charge in [-0.3, -0.25) is 14.6 Å². The number of ether oxygens (including phenoxy) is 1. The molecule has 0 aliphatic carbocycles. The summed E-state index contributed by atoms with van der Waals surface area (Å²) in [5.74, 6) is -0.0448. The van der Waals surface area contributed by atoms with E-state index >= 15 is 0 Å². The maximum atomic E-state index is 12.8. The van der Waals surface area contributed by atoms with Crippen molar-refractivity contribution in [2.75, 3.05) is 45.9 Å². The molecule has 1 aliphatic rings. The summed E-state index contributed by atoms with van der Waals surface area (Å²) < 4.78 is 5.50. The minimum atomic E-state index is -0.0448. The Labute approximate surface area is 185 Å². The van der Waals surface area contributed by atoms with Gasteiger partial charge in [0.25, 0.3) is 5.91 Å². The molecule has 3 rings (SSSR count). The summed E-state index contributed by atoms with van der Waals surface area (Å²) in [7, 11) is 0. The lowest BCUT2D eigenvalue weighted by Crippen LogP contribution is -2.43. The second-order valence-electron chi connectivity index (χ2n) is 7.58. The van der Waals surface area contributed by atoms with Crippen molar-refractivity contribution >= 4 is 17.5 Å². The van der Waals surface area contributed by atoms with E-state index in [9.17, 15) is 4.79 Å². The molecule has 1 atom stereocenters. The summed E-state index contributed by atoms with van der Waals surface area (Å²) in [6.07, 6.45) is 0. The van der Waals surface area contributed by atoms with Crippen molar-refractivity contribution in [1.29, 1.82) is 0 Å². The fourth-order valence-electron chi connectivity index (χ4n) is 3.79. The van der Waals surface area contributed by atoms with Gasteiger partial charge in [0.05, 0.1) is 19.3 Å². The molecule has 1 fully saturated rings. The molecule has 0 spiro atoms. The number of benzene rings is 2. The standard InChI is InChI=1S/C24H32ClN3O2/c1-3-27(4-2)18-19-5-7-21(8-6-19)24(29)26-17-23(28-13-15-30-16-14-28)20-9-11-22(25)12-10-20/h5-12,23H,3-4,13-18H2,1-2H3,(H,26,29). The van der Waals surface area contributed by atoms with Crippen molar-refractivity contribution < 1.29 is 9.53 Å². The predicted octanol–water partition coefficient (Wildman–Crippen LogP) is 3.99. The van der Waals surface area contributed by atoms with Crippen LogP contribution in [0.1, 0.15) is 41.4 Å². The van der Waals surface area contributed by atoms with E-state index in [1.165, 1.54) is 5.56 Å². The first-order valence-electron chi connectivity index (χ1n) is 10.8. The lowest BCUT2D eigenvalue weighted by atomic mass is 10.0. The Morgan fingerprint density at radius 2 is 1.70 bits per heavy atom. The highest BCUT2D eigenvalue weighted by Gasteiger charge is 2.23. The van der Waals surface area contributed by atoms with E-state index in [1.807, 2.05) is 48.5 Å². The maximum absolute atomic E-state index is 12.8. The van der Waals surface area contributed by atoms with Crippen LogP contribution in [0.2, 0.25) is 5.02 Å². The van der Waals surface area contributed by atoms with Crippen LogP contribution in [0.25, 0.3) is 0 Å². The third kappa shape index (κ3) is 6.29. The molecule has 1 aliphatic heterocycles. The SMILES string of the molecule is CCN(CC)Cc1ccc(C(=O)NCC(c2ccc(Cl)cc2)N2CCOCC2)cc1. The smallest absolute Gasteiger partial charge is 0.251 e. The van der Waals surface area contributed by atoms with Crippen LogP contribution in [0.5, 0.6) is 0 Å². The van der Waals surface area contributed by atoms with Crippen molar-refractivity contribution in [2.45, 2.75) is 26.4 Å². The van der Waals surface area contributed by atoms with Crippen LogP contribution in [0.4, 0.5) is 0 Å². The number of hydrogen-bond donors (Lipinski definition) is 1. The number of halogens is 1. The summed E-state index contributed by atoms with van der Waals surface area (Å²) in [4.78, 5) is 17.5. The van der Waals surface area contributed by atoms with Crippen molar-refractivity contribution in [3.05, 3.63) is 70.2 Å². The molecule has 2 aromatic carbocycles. The predicted molar refractivity (Wildman–Crippen MR) is 122 cm³/mol. The Morgan fingerprint density at radius 1 is 1.07 bits per heavy atom. The van der Waals surface area contributed by atoms with Gasteiger partial charge in [0.2, 0.25) is 0 Å². The zero-order valence-electron chi connectivity index (χ0n) is 17.9. The van der Waals surface area contributed by atoms with Crippen LogP contribution >= 0.6 is 11.6 Å². The van der Waals surface area contributed by atoms with Crippen LogP contribution in [0.3, 0.4) is 0 Å². The molecule has 1 unspecified atom stereocenters. The Hall–Kier alpha value is -1.92. The van der Waals surface area contributed by atoms with E-state index in [-0.39, 0.29) is 11.9 Å². The second-order valence-corrected chi connectivity index (χ2v) is 8.02. The summed E-state index contributed by atoms with van der Waals surface area (Å²) >= 11 is 6.07. The zero-order chi connectivity index (χ0) is 21.3. The first-order valence-corrected chi connectivity index (χ1v) is 11.1. The molecule has 0 radical (unpaired) electrons. The van der Waals surface area contributed by atoms with Crippen LogP contribution in [0.15, 0.2) is 48.5 Å². The molecule has 5 nitrogen and oxygen atoms in total. The van der Waals surface area contributed by atoms with Crippen LogP contribution in [-0.2, 0) is 11.3 Å². The quantitative estimate of drug-likeness (QED) is 0.654. The number of amides is 1. The molecule has 6 heteroatoms. The molecule has 1 heterocycles. The minimum Gasteiger partial charge on any atom is -0.379 e. The second kappa shape index (κ2) is 11.5. The van der Waals surface area contributed by atoms with Crippen molar-refractivity contribution in [3.63, 3.8) is 0 Å². The van der Waals surface area contributed by atoms with Gasteiger partial charge in [-0.15, -0.1) is 0 Å². The largest absolute Gasteiger partial charge is 0.379 e. The van der Waals surface area contributed by atoms with Crippen molar-refractivity contribution in [3.8, 4) is 0 Å². The Bertz CT molecular complexity index is 785. The summed E-state index contributed by atoms with van der Waals surface area (Å²) in [6.45, 7) is 10.9. The molecule has 1 N–H and O–H groups in total. The monoisotopic (exact) mass is 429 g/mol. The van der Waals surface area contributed by atoms with E-state index < -0.39 is 0 Å². The number of nitrogens with one attached hydrogen (secondary N) is 1. The molecule has 30 heavy (non-hydrogen) atoms. The van der Waals surface area contributed by atoms with Gasteiger partial charge < -0.3 is 10.1 Å². The molecule has 1 amide bonds. The number of morpholine rings is 1. The molecule has 2 aromatic rings. The Morgan fingerprint density at radius 3 is 2.30 bits per heavy atom. The fourth-order valence-corrected chi connectivity index (χ4v) is 3.92. The lowest BCUT2D eigenvalue weighted by Gasteiger charge is -2.35. The molecule has 0 bridgehead atoms. The van der Waals surface area contributed by atoms with Gasteiger partial charge in [-0.05, 0) is 48.5 Å². The first-order chi connectivity index (χ1) is 14.6. The van der Waals surface area contributed by atoms with E-state index in [4.69, 9.17) is 16.3 Å². The number of rotatable bonds is 9. The van der Waals surface area contributed by atoms with E-state index in [2.05, 4.69) is 29.0 Å². The maximum Gasteiger partial charge on any atom is 0.251 e. The summed E-state index contributed by atoms with van der Waals surface area (Å²) in [6, 6.07) is 15.9. The topological polar surface area (TPSA) is 44.8 Å². The number of carbonyl (C=O) groups excluding carboxylic acids is 1. The molecular weight excluding hydrogens is 398 g/mol. The highest BCUT2D eigenvalue weighted by molar-refractivity contribution is 6.30. The average Bonchev–Trinajstić information content (AvgIpc) is 2.79. The van der Waals surface area contributed by atoms with Gasteiger partial charge in [-0.1, -0.05) is 49.7 Å². The van der Waals surface area contributed by atoms with Crippen molar-refractivity contribution in [2.24, 2.45) is 0 Å². The highest BCUT2D eigenvalue weighted by atomic mass is 35.5. The van der Waals surface area contributed by atoms with Gasteiger partial charge >= 0.3 is 0 Å². The molecule has 0 aromatic heterocycles. The third-order valence-corrected chi connectivity index (χ3v) is 5.97. The van der Waals surface area contributed by atoms with E-state index in [0.717, 1.165) is 38.3 Å². The van der Waals surface area contributed by atoms with Gasteiger partial charge in [-0.25, -0.2) is 0 Å². The van der Waals surface area contributed by atoms with E-state index in [1.54, 1.807) is 0 Å². The molecule has 162 valence electrons. The molecular formula is C24H32ClN3O2. The Kier molecular flexibility index (Phi) is 8.70. The summed E-state index contributed by atoms with van der Waals surface area (Å²) in [5, 5.41) is 3.84. The fraction of sp³-hybridized carbons (Fsp3) is 0.458. The molecule has 1 saturated heterocycles. The molecule has 0 saturated carbocycles. The minimum absolute atomic E-state index is 0.0448. The average molecular weight is 430 g/mol. The summed E-state index contributed by atoms with van der Waals surface area (Å²) in [5.41, 5.74) is 3.06. The van der Waals surface area contributed by atoms with Crippen LogP contribution < -0.4 is 5.32 Å². The third-order valence-electron chi connectivity index (χ3n) is 5.71. The van der Waals surface area contributed by atoms with Gasteiger partial charge in [-0.2, -0.15) is 0 Å². The van der Waals surface area contributed by atoms with Gasteiger partial charge in [0.1, 0.15) is 0 Å². The number of nitrogens with zero attached hydrogens (tertiary/aromatic N) is 2. The van der Waals surface area contributed by atoms with Crippen molar-refractivity contribution in [1.82, 2.24) is 15.1 Å². The lowest BCUT2D eigenvalue weighted by molar-refractivity contribution is 0.0162. The highest BCUT2D eigenvalue weighted by Crippen LogP contribution is 2.23. The van der Waals surface area contributed by atoms with Gasteiger partial charge in [0, 0.05) is 36.8 Å². The van der Waals surface area contributed by atoms with Gasteiger partial charge in [0.15, 0.2) is 0 Å².